The van der Waals surface area contributed by atoms with E-state index < -0.39 is 0 Å². The van der Waals surface area contributed by atoms with Crippen molar-refractivity contribution in [1.82, 2.24) is 9.97 Å². The summed E-state index contributed by atoms with van der Waals surface area (Å²) in [5.74, 6) is -0.155. The van der Waals surface area contributed by atoms with Gasteiger partial charge in [-0.1, -0.05) is 0 Å². The van der Waals surface area contributed by atoms with E-state index in [0.717, 1.165) is 25.0 Å². The lowest BCUT2D eigenvalue weighted by molar-refractivity contribution is 0.102. The standard InChI is InChI=1S/C13H14N4OS/c14-9-1-2-10-11(7-9)19-13(16-10)17-12(18)8-3-5-15-6-4-8/h3-6,9H,1-2,7,14H2,(H,16,17,18)/t9-/m0/s1. The highest BCUT2D eigenvalue weighted by Gasteiger charge is 2.20. The van der Waals surface area contributed by atoms with Crippen LogP contribution in [0.5, 0.6) is 0 Å². The van der Waals surface area contributed by atoms with Crippen molar-refractivity contribution in [3.8, 4) is 0 Å². The largest absolute Gasteiger partial charge is 0.327 e. The Hall–Kier alpha value is -1.79. The van der Waals surface area contributed by atoms with Gasteiger partial charge in [0.05, 0.1) is 5.69 Å². The molecule has 0 fully saturated rings. The van der Waals surface area contributed by atoms with Crippen LogP contribution in [0.4, 0.5) is 5.13 Å². The number of rotatable bonds is 2. The fourth-order valence-corrected chi connectivity index (χ4v) is 3.22. The number of hydrogen-bond donors (Lipinski definition) is 2. The van der Waals surface area contributed by atoms with Crippen molar-refractivity contribution in [3.63, 3.8) is 0 Å². The van der Waals surface area contributed by atoms with Gasteiger partial charge in [0.15, 0.2) is 5.13 Å². The number of anilines is 1. The molecule has 0 spiro atoms. The molecule has 1 aliphatic carbocycles. The molecule has 0 aromatic carbocycles. The highest BCUT2D eigenvalue weighted by Crippen LogP contribution is 2.29. The fraction of sp³-hybridized carbons (Fsp3) is 0.308. The van der Waals surface area contributed by atoms with Gasteiger partial charge in [-0.05, 0) is 31.4 Å². The van der Waals surface area contributed by atoms with Gasteiger partial charge in [0.2, 0.25) is 0 Å². The average molecular weight is 274 g/mol. The fourth-order valence-electron chi connectivity index (χ4n) is 2.13. The van der Waals surface area contributed by atoms with Crippen LogP contribution in [-0.2, 0) is 12.8 Å². The number of nitrogens with zero attached hydrogens (tertiary/aromatic N) is 2. The molecule has 3 rings (SSSR count). The average Bonchev–Trinajstić information content (AvgIpc) is 2.81. The number of carbonyl (C=O) groups is 1. The first kappa shape index (κ1) is 12.3. The number of aryl methyl sites for hydroxylation is 1. The van der Waals surface area contributed by atoms with E-state index in [4.69, 9.17) is 5.73 Å². The van der Waals surface area contributed by atoms with E-state index in [2.05, 4.69) is 15.3 Å². The Morgan fingerprint density at radius 1 is 1.42 bits per heavy atom. The van der Waals surface area contributed by atoms with Crippen molar-refractivity contribution in [2.45, 2.75) is 25.3 Å². The molecule has 3 N–H and O–H groups in total. The van der Waals surface area contributed by atoms with Crippen molar-refractivity contribution in [1.29, 1.82) is 0 Å². The molecule has 0 aliphatic heterocycles. The minimum Gasteiger partial charge on any atom is -0.327 e. The van der Waals surface area contributed by atoms with Gasteiger partial charge in [-0.2, -0.15) is 0 Å². The third-order valence-electron chi connectivity index (χ3n) is 3.14. The summed E-state index contributed by atoms with van der Waals surface area (Å²) in [4.78, 5) is 21.5. The molecule has 1 atom stereocenters. The van der Waals surface area contributed by atoms with Gasteiger partial charge in [0.1, 0.15) is 0 Å². The van der Waals surface area contributed by atoms with E-state index in [1.165, 1.54) is 16.2 Å². The Kier molecular flexibility index (Phi) is 3.27. The maximum Gasteiger partial charge on any atom is 0.257 e. The summed E-state index contributed by atoms with van der Waals surface area (Å²) in [6, 6.07) is 3.58. The molecular weight excluding hydrogens is 260 g/mol. The molecule has 0 bridgehead atoms. The minimum atomic E-state index is -0.155. The third-order valence-corrected chi connectivity index (χ3v) is 4.18. The molecule has 98 valence electrons. The maximum absolute atomic E-state index is 12.0. The molecule has 0 saturated carbocycles. The van der Waals surface area contributed by atoms with Gasteiger partial charge >= 0.3 is 0 Å². The van der Waals surface area contributed by atoms with Crippen molar-refractivity contribution in [2.24, 2.45) is 5.73 Å². The van der Waals surface area contributed by atoms with Crippen molar-refractivity contribution in [2.75, 3.05) is 5.32 Å². The first-order valence-electron chi connectivity index (χ1n) is 6.18. The highest BCUT2D eigenvalue weighted by atomic mass is 32.1. The van der Waals surface area contributed by atoms with Gasteiger partial charge in [-0.25, -0.2) is 4.98 Å². The first-order chi connectivity index (χ1) is 9.22. The van der Waals surface area contributed by atoms with E-state index in [0.29, 0.717) is 10.7 Å². The molecule has 0 radical (unpaired) electrons. The normalized spacial score (nSPS) is 17.8. The van der Waals surface area contributed by atoms with E-state index >= 15 is 0 Å². The molecule has 5 nitrogen and oxygen atoms in total. The van der Waals surface area contributed by atoms with Crippen molar-refractivity contribution < 1.29 is 4.79 Å². The van der Waals surface area contributed by atoms with E-state index in [-0.39, 0.29) is 11.9 Å². The quantitative estimate of drug-likeness (QED) is 0.871. The smallest absolute Gasteiger partial charge is 0.257 e. The Labute approximate surface area is 114 Å². The van der Waals surface area contributed by atoms with Crippen LogP contribution in [-0.4, -0.2) is 21.9 Å². The van der Waals surface area contributed by atoms with Crippen LogP contribution in [0.2, 0.25) is 0 Å². The molecule has 2 aromatic heterocycles. The lowest BCUT2D eigenvalue weighted by Gasteiger charge is -2.15. The highest BCUT2D eigenvalue weighted by molar-refractivity contribution is 7.15. The van der Waals surface area contributed by atoms with Gasteiger partial charge in [0.25, 0.3) is 5.91 Å². The number of amides is 1. The molecule has 19 heavy (non-hydrogen) atoms. The zero-order chi connectivity index (χ0) is 13.2. The van der Waals surface area contributed by atoms with Gasteiger partial charge in [0, 0.05) is 28.9 Å². The number of fused-ring (bicyclic) bond motifs is 1. The second kappa shape index (κ2) is 5.07. The summed E-state index contributed by atoms with van der Waals surface area (Å²) in [5.41, 5.74) is 7.60. The van der Waals surface area contributed by atoms with Crippen molar-refractivity contribution in [3.05, 3.63) is 40.7 Å². The lowest BCUT2D eigenvalue weighted by Crippen LogP contribution is -2.27. The van der Waals surface area contributed by atoms with Crippen LogP contribution in [0.3, 0.4) is 0 Å². The molecule has 6 heteroatoms. The predicted octanol–water partition coefficient (Wildman–Crippen LogP) is 1.61. The van der Waals surface area contributed by atoms with Crippen LogP contribution >= 0.6 is 11.3 Å². The van der Waals surface area contributed by atoms with E-state index in [1.54, 1.807) is 24.5 Å². The van der Waals surface area contributed by atoms with Crippen LogP contribution in [0.15, 0.2) is 24.5 Å². The Morgan fingerprint density at radius 3 is 3.00 bits per heavy atom. The summed E-state index contributed by atoms with van der Waals surface area (Å²) < 4.78 is 0. The zero-order valence-electron chi connectivity index (χ0n) is 10.3. The lowest BCUT2D eigenvalue weighted by atomic mass is 9.99. The number of nitrogens with one attached hydrogen (secondary N) is 1. The van der Waals surface area contributed by atoms with Crippen LogP contribution < -0.4 is 11.1 Å². The second-order valence-corrected chi connectivity index (χ2v) is 5.67. The topological polar surface area (TPSA) is 80.9 Å². The Bertz CT molecular complexity index is 596. The monoisotopic (exact) mass is 274 g/mol. The number of aromatic nitrogens is 2. The predicted molar refractivity (Wildman–Crippen MR) is 74.3 cm³/mol. The number of pyridine rings is 1. The number of nitrogens with two attached hydrogens (primary N) is 1. The summed E-state index contributed by atoms with van der Waals surface area (Å²) in [6.45, 7) is 0. The second-order valence-electron chi connectivity index (χ2n) is 4.58. The zero-order valence-corrected chi connectivity index (χ0v) is 11.1. The molecule has 2 aromatic rings. The van der Waals surface area contributed by atoms with Crippen LogP contribution in [0, 0.1) is 0 Å². The SMILES string of the molecule is N[C@H]1CCc2nc(NC(=O)c3ccncc3)sc2C1. The molecular formula is C13H14N4OS. The van der Waals surface area contributed by atoms with Gasteiger partial charge in [-0.15, -0.1) is 11.3 Å². The maximum atomic E-state index is 12.0. The third kappa shape index (κ3) is 2.64. The minimum absolute atomic E-state index is 0.155. The molecule has 0 saturated heterocycles. The molecule has 1 amide bonds. The van der Waals surface area contributed by atoms with Crippen molar-refractivity contribution >= 4 is 22.4 Å². The van der Waals surface area contributed by atoms with Crippen LogP contribution in [0.25, 0.3) is 0 Å². The summed E-state index contributed by atoms with van der Waals surface area (Å²) in [5, 5.41) is 3.48. The number of hydrogen-bond acceptors (Lipinski definition) is 5. The Balaban J connectivity index is 1.76. The van der Waals surface area contributed by atoms with E-state index in [1.807, 2.05) is 0 Å². The number of thiazole rings is 1. The summed E-state index contributed by atoms with van der Waals surface area (Å²) in [7, 11) is 0. The van der Waals surface area contributed by atoms with Gasteiger partial charge < -0.3 is 5.73 Å². The molecule has 1 aliphatic rings. The number of carbonyl (C=O) groups excluding carboxylic acids is 1. The van der Waals surface area contributed by atoms with Crippen LogP contribution in [0.1, 0.15) is 27.3 Å². The first-order valence-corrected chi connectivity index (χ1v) is 6.99. The van der Waals surface area contributed by atoms with E-state index in [9.17, 15) is 4.79 Å². The Morgan fingerprint density at radius 2 is 2.21 bits per heavy atom. The van der Waals surface area contributed by atoms with Gasteiger partial charge in [-0.3, -0.25) is 15.1 Å². The molecule has 0 unspecified atom stereocenters. The summed E-state index contributed by atoms with van der Waals surface area (Å²) in [6.07, 6.45) is 5.92. The summed E-state index contributed by atoms with van der Waals surface area (Å²) >= 11 is 1.52. The molecule has 2 heterocycles.